The first-order valence-electron chi connectivity index (χ1n) is 3.70. The maximum absolute atomic E-state index is 11.3. The zero-order chi connectivity index (χ0) is 8.72. The molecule has 3 nitrogen and oxygen atoms in total. The average molecular weight is 161 g/mol. The molecule has 0 saturated carbocycles. The molecule has 2 rings (SSSR count). The summed E-state index contributed by atoms with van der Waals surface area (Å²) in [6, 6.07) is 0. The summed E-state index contributed by atoms with van der Waals surface area (Å²) in [5.41, 5.74) is 3.72. The predicted octanol–water partition coefficient (Wildman–Crippen LogP) is 0.397. The number of amides is 2. The third-order valence-corrected chi connectivity index (χ3v) is 2.01. The molecule has 0 N–H and O–H groups in total. The first kappa shape index (κ1) is 7.07. The summed E-state index contributed by atoms with van der Waals surface area (Å²) in [5.74, 6) is -0.460. The lowest BCUT2D eigenvalue weighted by Gasteiger charge is -2.00. The first-order chi connectivity index (χ1) is 5.72. The summed E-state index contributed by atoms with van der Waals surface area (Å²) in [6.45, 7) is 0. The lowest BCUT2D eigenvalue weighted by molar-refractivity contribution is -0.134. The van der Waals surface area contributed by atoms with Crippen molar-refractivity contribution in [3.63, 3.8) is 0 Å². The summed E-state index contributed by atoms with van der Waals surface area (Å²) < 4.78 is 0. The van der Waals surface area contributed by atoms with E-state index in [1.807, 2.05) is 0 Å². The van der Waals surface area contributed by atoms with Gasteiger partial charge in [-0.25, -0.2) is 0 Å². The van der Waals surface area contributed by atoms with Crippen LogP contribution in [0.1, 0.15) is 6.42 Å². The number of fused-ring (bicyclic) bond motifs is 1. The highest BCUT2D eigenvalue weighted by Crippen LogP contribution is 2.25. The molecule has 12 heavy (non-hydrogen) atoms. The van der Waals surface area contributed by atoms with Crippen molar-refractivity contribution in [2.24, 2.45) is 0 Å². The maximum atomic E-state index is 11.3. The molecule has 0 spiro atoms. The van der Waals surface area contributed by atoms with E-state index >= 15 is 0 Å². The largest absolute Gasteiger partial charge is 0.277 e. The van der Waals surface area contributed by atoms with Gasteiger partial charge in [-0.2, -0.15) is 0 Å². The molecule has 0 aromatic heterocycles. The molecule has 3 heteroatoms. The van der Waals surface area contributed by atoms with Crippen LogP contribution in [-0.2, 0) is 9.59 Å². The van der Waals surface area contributed by atoms with Gasteiger partial charge in [-0.1, -0.05) is 6.08 Å². The highest BCUT2D eigenvalue weighted by Gasteiger charge is 2.36. The molecule has 60 valence electrons. The van der Waals surface area contributed by atoms with E-state index in [0.29, 0.717) is 17.6 Å². The standard InChI is InChI=1S/C9H7NO2/c1-10-8(11)6-4-2-3-5-7(6)9(10)12/h2,5H,3H2,1H3. The van der Waals surface area contributed by atoms with Crippen LogP contribution in [0.3, 0.4) is 0 Å². The number of nitrogens with zero attached hydrogens (tertiary/aromatic N) is 1. The average Bonchev–Trinajstić information content (AvgIpc) is 2.33. The highest BCUT2D eigenvalue weighted by molar-refractivity contribution is 6.24. The van der Waals surface area contributed by atoms with Crippen LogP contribution < -0.4 is 0 Å². The molecule has 1 aliphatic heterocycles. The van der Waals surface area contributed by atoms with Gasteiger partial charge in [-0.3, -0.25) is 14.5 Å². The van der Waals surface area contributed by atoms with E-state index in [1.54, 1.807) is 12.2 Å². The van der Waals surface area contributed by atoms with Gasteiger partial charge in [0.15, 0.2) is 0 Å². The SMILES string of the molecule is CN1C(=O)C2=C=CCC=C2C1=O. The summed E-state index contributed by atoms with van der Waals surface area (Å²) >= 11 is 0. The second-order valence-electron chi connectivity index (χ2n) is 2.75. The van der Waals surface area contributed by atoms with Crippen molar-refractivity contribution < 1.29 is 9.59 Å². The smallest absolute Gasteiger partial charge is 0.269 e. The molecule has 0 aromatic carbocycles. The highest BCUT2D eigenvalue weighted by atomic mass is 16.2. The number of likely N-dealkylation sites (N-methyl/N-ethyl adjacent to an activating group) is 1. The molecule has 2 aliphatic rings. The number of imide groups is 1. The van der Waals surface area contributed by atoms with Crippen LogP contribution in [0.4, 0.5) is 0 Å². The number of rotatable bonds is 0. The zero-order valence-corrected chi connectivity index (χ0v) is 6.63. The third-order valence-electron chi connectivity index (χ3n) is 2.01. The van der Waals surface area contributed by atoms with Crippen molar-refractivity contribution in [2.75, 3.05) is 7.05 Å². The van der Waals surface area contributed by atoms with E-state index in [-0.39, 0.29) is 11.8 Å². The Morgan fingerprint density at radius 1 is 1.42 bits per heavy atom. The van der Waals surface area contributed by atoms with E-state index in [0.717, 1.165) is 4.90 Å². The van der Waals surface area contributed by atoms with Gasteiger partial charge in [0.2, 0.25) is 0 Å². The van der Waals surface area contributed by atoms with Crippen molar-refractivity contribution in [3.05, 3.63) is 29.0 Å². The maximum Gasteiger partial charge on any atom is 0.269 e. The van der Waals surface area contributed by atoms with Crippen molar-refractivity contribution in [1.29, 1.82) is 0 Å². The summed E-state index contributed by atoms with van der Waals surface area (Å²) in [4.78, 5) is 23.7. The van der Waals surface area contributed by atoms with Crippen LogP contribution in [0, 0.1) is 0 Å². The van der Waals surface area contributed by atoms with Gasteiger partial charge >= 0.3 is 0 Å². The van der Waals surface area contributed by atoms with Gasteiger partial charge in [0, 0.05) is 7.05 Å². The van der Waals surface area contributed by atoms with E-state index in [1.165, 1.54) is 7.05 Å². The fourth-order valence-electron chi connectivity index (χ4n) is 1.33. The van der Waals surface area contributed by atoms with Crippen molar-refractivity contribution in [1.82, 2.24) is 4.90 Å². The summed E-state index contributed by atoms with van der Waals surface area (Å²) in [6.07, 6.45) is 4.20. The van der Waals surface area contributed by atoms with E-state index in [9.17, 15) is 9.59 Å². The quantitative estimate of drug-likeness (QED) is 0.381. The monoisotopic (exact) mass is 161 g/mol. The van der Waals surface area contributed by atoms with Crippen LogP contribution in [0.2, 0.25) is 0 Å². The lowest BCUT2D eigenvalue weighted by Crippen LogP contribution is -2.24. The minimum atomic E-state index is -0.248. The van der Waals surface area contributed by atoms with E-state index in [4.69, 9.17) is 0 Å². The molecule has 1 aliphatic carbocycles. The minimum absolute atomic E-state index is 0.212. The van der Waals surface area contributed by atoms with Gasteiger partial charge in [-0.05, 0) is 12.5 Å². The van der Waals surface area contributed by atoms with Crippen molar-refractivity contribution in [3.8, 4) is 0 Å². The summed E-state index contributed by atoms with van der Waals surface area (Å²) in [5, 5.41) is 0. The van der Waals surface area contributed by atoms with Crippen molar-refractivity contribution in [2.45, 2.75) is 6.42 Å². The number of likely N-dealkylation sites (tertiary alicyclic amines) is 1. The van der Waals surface area contributed by atoms with Gasteiger partial charge in [0.05, 0.1) is 11.1 Å². The third kappa shape index (κ3) is 0.713. The molecule has 0 radical (unpaired) electrons. The lowest BCUT2D eigenvalue weighted by atomic mass is 10.1. The summed E-state index contributed by atoms with van der Waals surface area (Å²) in [7, 11) is 1.48. The van der Waals surface area contributed by atoms with Crippen LogP contribution in [0.5, 0.6) is 0 Å². The number of hydrogen-bond donors (Lipinski definition) is 0. The first-order valence-corrected chi connectivity index (χ1v) is 3.70. The molecule has 0 bridgehead atoms. The van der Waals surface area contributed by atoms with Gasteiger partial charge in [-0.15, -0.1) is 5.73 Å². The molecule has 1 heterocycles. The molecule has 2 amide bonds. The Kier molecular flexibility index (Phi) is 1.29. The number of allylic oxidation sites excluding steroid dienone is 1. The normalized spacial score (nSPS) is 20.9. The fourth-order valence-corrected chi connectivity index (χ4v) is 1.33. The predicted molar refractivity (Wildman–Crippen MR) is 42.1 cm³/mol. The van der Waals surface area contributed by atoms with Crippen LogP contribution in [0.15, 0.2) is 29.0 Å². The van der Waals surface area contributed by atoms with E-state index in [2.05, 4.69) is 5.73 Å². The zero-order valence-electron chi connectivity index (χ0n) is 6.63. The Labute approximate surface area is 69.7 Å². The Hall–Kier alpha value is -1.60. The van der Waals surface area contributed by atoms with E-state index < -0.39 is 0 Å². The molecule has 1 saturated heterocycles. The number of carbonyl (C=O) groups is 2. The molecule has 0 unspecified atom stereocenters. The fraction of sp³-hybridized carbons (Fsp3) is 0.222. The topological polar surface area (TPSA) is 37.4 Å². The molecule has 1 fully saturated rings. The molecule has 0 atom stereocenters. The minimum Gasteiger partial charge on any atom is -0.277 e. The number of hydrogen-bond acceptors (Lipinski definition) is 2. The Morgan fingerprint density at radius 2 is 2.17 bits per heavy atom. The van der Waals surface area contributed by atoms with Gasteiger partial charge < -0.3 is 0 Å². The molecular weight excluding hydrogens is 154 g/mol. The number of carbonyl (C=O) groups excluding carboxylic acids is 2. The van der Waals surface area contributed by atoms with Crippen LogP contribution in [-0.4, -0.2) is 23.8 Å². The van der Waals surface area contributed by atoms with Gasteiger partial charge in [0.1, 0.15) is 0 Å². The van der Waals surface area contributed by atoms with Crippen LogP contribution >= 0.6 is 0 Å². The Morgan fingerprint density at radius 3 is 2.83 bits per heavy atom. The second-order valence-corrected chi connectivity index (χ2v) is 2.75. The Balaban J connectivity index is 2.63. The van der Waals surface area contributed by atoms with Crippen LogP contribution in [0.25, 0.3) is 0 Å². The molecular formula is C9H7NO2. The van der Waals surface area contributed by atoms with Crippen molar-refractivity contribution >= 4 is 11.8 Å². The second kappa shape index (κ2) is 2.19. The van der Waals surface area contributed by atoms with Gasteiger partial charge in [0.25, 0.3) is 11.8 Å². The Bertz CT molecular complexity index is 370. The molecule has 0 aromatic rings.